The molecule has 0 aliphatic carbocycles. The topological polar surface area (TPSA) is 63.1 Å². The van der Waals surface area contributed by atoms with Crippen LogP contribution in [0.25, 0.3) is 0 Å². The van der Waals surface area contributed by atoms with E-state index in [1.807, 2.05) is 22.7 Å². The van der Waals surface area contributed by atoms with Crippen LogP contribution in [0, 0.1) is 6.92 Å². The molecule has 1 atom stereocenters. The van der Waals surface area contributed by atoms with E-state index < -0.39 is 0 Å². The Balaban J connectivity index is 1.71. The summed E-state index contributed by atoms with van der Waals surface area (Å²) in [5.74, 6) is -0.0170. The second kappa shape index (κ2) is 9.13. The number of amides is 1. The lowest BCUT2D eigenvalue weighted by molar-refractivity contribution is 0.0678. The predicted molar refractivity (Wildman–Crippen MR) is 107 cm³/mol. The van der Waals surface area contributed by atoms with E-state index in [-0.39, 0.29) is 11.9 Å². The Kier molecular flexibility index (Phi) is 6.61. The van der Waals surface area contributed by atoms with Gasteiger partial charge >= 0.3 is 0 Å². The largest absolute Gasteiger partial charge is 0.334 e. The smallest absolute Gasteiger partial charge is 0.276 e. The lowest BCUT2D eigenvalue weighted by atomic mass is 10.0. The lowest BCUT2D eigenvalue weighted by Crippen LogP contribution is -2.41. The zero-order valence-electron chi connectivity index (χ0n) is 16.7. The summed E-state index contributed by atoms with van der Waals surface area (Å²) in [6, 6.07) is 9.07. The molecule has 1 aliphatic heterocycles. The van der Waals surface area contributed by atoms with Crippen molar-refractivity contribution in [2.24, 2.45) is 0 Å². The van der Waals surface area contributed by atoms with Crippen molar-refractivity contribution >= 4 is 5.91 Å². The zero-order chi connectivity index (χ0) is 19.2. The third-order valence-corrected chi connectivity index (χ3v) is 5.52. The van der Waals surface area contributed by atoms with Crippen LogP contribution in [0.5, 0.6) is 0 Å². The van der Waals surface area contributed by atoms with Gasteiger partial charge in [-0.3, -0.25) is 4.79 Å². The van der Waals surface area contributed by atoms with E-state index >= 15 is 0 Å². The highest BCUT2D eigenvalue weighted by Crippen LogP contribution is 2.19. The zero-order valence-corrected chi connectivity index (χ0v) is 16.7. The monoisotopic (exact) mass is 369 g/mol. The molecule has 1 aliphatic rings. The number of aryl methyl sites for hydroxylation is 1. The number of carbonyl (C=O) groups excluding carboxylic acids is 1. The van der Waals surface area contributed by atoms with Gasteiger partial charge in [-0.05, 0) is 58.2 Å². The van der Waals surface area contributed by atoms with Gasteiger partial charge in [0.25, 0.3) is 5.91 Å². The Labute approximate surface area is 161 Å². The molecule has 1 aromatic heterocycles. The van der Waals surface area contributed by atoms with Crippen molar-refractivity contribution in [3.63, 3.8) is 0 Å². The lowest BCUT2D eigenvalue weighted by Gasteiger charge is -2.29. The van der Waals surface area contributed by atoms with E-state index in [1.165, 1.54) is 11.1 Å². The van der Waals surface area contributed by atoms with E-state index in [2.05, 4.69) is 53.7 Å². The SMILES string of the molecule is CCC(Cc1ccc(C)cc1)N(CC)C(=O)c1cn(C2CCNCC2)nn1. The predicted octanol–water partition coefficient (Wildman–Crippen LogP) is 2.99. The molecule has 1 fully saturated rings. The Hall–Kier alpha value is -2.21. The maximum atomic E-state index is 13.1. The summed E-state index contributed by atoms with van der Waals surface area (Å²) in [5, 5.41) is 11.8. The Morgan fingerprint density at radius 1 is 1.26 bits per heavy atom. The van der Waals surface area contributed by atoms with Gasteiger partial charge in [0.1, 0.15) is 0 Å². The van der Waals surface area contributed by atoms with E-state index in [1.54, 1.807) is 0 Å². The number of likely N-dealkylation sites (N-methyl/N-ethyl adjacent to an activating group) is 1. The van der Waals surface area contributed by atoms with Crippen molar-refractivity contribution in [1.82, 2.24) is 25.2 Å². The van der Waals surface area contributed by atoms with Crippen molar-refractivity contribution in [2.45, 2.75) is 58.5 Å². The molecule has 1 N–H and O–H groups in total. The Morgan fingerprint density at radius 2 is 1.96 bits per heavy atom. The summed E-state index contributed by atoms with van der Waals surface area (Å²) in [6.07, 6.45) is 5.66. The maximum Gasteiger partial charge on any atom is 0.276 e. The molecule has 0 radical (unpaired) electrons. The molecule has 0 saturated carbocycles. The van der Waals surface area contributed by atoms with Gasteiger partial charge in [-0.15, -0.1) is 5.10 Å². The van der Waals surface area contributed by atoms with Crippen LogP contribution in [-0.4, -0.2) is 51.5 Å². The maximum absolute atomic E-state index is 13.1. The molecule has 6 nitrogen and oxygen atoms in total. The first-order valence-electron chi connectivity index (χ1n) is 10.1. The molecule has 2 heterocycles. The molecule has 27 heavy (non-hydrogen) atoms. The number of carbonyl (C=O) groups is 1. The van der Waals surface area contributed by atoms with E-state index in [9.17, 15) is 4.79 Å². The molecular weight excluding hydrogens is 338 g/mol. The van der Waals surface area contributed by atoms with E-state index in [0.717, 1.165) is 38.8 Å². The van der Waals surface area contributed by atoms with Gasteiger partial charge in [-0.2, -0.15) is 0 Å². The first kappa shape index (κ1) is 19.5. The number of nitrogens with one attached hydrogen (secondary N) is 1. The number of piperidine rings is 1. The molecule has 1 amide bonds. The summed E-state index contributed by atoms with van der Waals surface area (Å²) >= 11 is 0. The van der Waals surface area contributed by atoms with Gasteiger partial charge in [-0.25, -0.2) is 4.68 Å². The van der Waals surface area contributed by atoms with Crippen molar-refractivity contribution in [1.29, 1.82) is 0 Å². The van der Waals surface area contributed by atoms with Crippen LogP contribution in [0.2, 0.25) is 0 Å². The molecule has 0 spiro atoms. The molecule has 1 saturated heterocycles. The first-order chi connectivity index (χ1) is 13.1. The number of rotatable bonds is 7. The van der Waals surface area contributed by atoms with Gasteiger partial charge in [0.15, 0.2) is 5.69 Å². The second-order valence-corrected chi connectivity index (χ2v) is 7.41. The molecule has 1 unspecified atom stereocenters. The number of benzene rings is 1. The molecule has 1 aromatic carbocycles. The van der Waals surface area contributed by atoms with E-state index in [4.69, 9.17) is 0 Å². The number of hydrogen-bond acceptors (Lipinski definition) is 4. The molecule has 6 heteroatoms. The number of hydrogen-bond donors (Lipinski definition) is 1. The van der Waals surface area contributed by atoms with E-state index in [0.29, 0.717) is 18.3 Å². The normalized spacial score (nSPS) is 16.3. The molecule has 2 aromatic rings. The Morgan fingerprint density at radius 3 is 2.59 bits per heavy atom. The quantitative estimate of drug-likeness (QED) is 0.815. The summed E-state index contributed by atoms with van der Waals surface area (Å²) in [4.78, 5) is 15.1. The number of nitrogens with zero attached hydrogens (tertiary/aromatic N) is 4. The van der Waals surface area contributed by atoms with Crippen molar-refractivity contribution < 1.29 is 4.79 Å². The van der Waals surface area contributed by atoms with Crippen LogP contribution in [0.4, 0.5) is 0 Å². The highest BCUT2D eigenvalue weighted by atomic mass is 16.2. The Bertz CT molecular complexity index is 733. The van der Waals surface area contributed by atoms with Gasteiger partial charge in [0, 0.05) is 12.6 Å². The summed E-state index contributed by atoms with van der Waals surface area (Å²) in [5.41, 5.74) is 2.97. The second-order valence-electron chi connectivity index (χ2n) is 7.41. The summed E-state index contributed by atoms with van der Waals surface area (Å²) < 4.78 is 1.88. The summed E-state index contributed by atoms with van der Waals surface area (Å²) in [7, 11) is 0. The van der Waals surface area contributed by atoms with Crippen molar-refractivity contribution in [2.75, 3.05) is 19.6 Å². The third-order valence-electron chi connectivity index (χ3n) is 5.52. The summed E-state index contributed by atoms with van der Waals surface area (Å²) in [6.45, 7) is 8.92. The molecule has 146 valence electrons. The van der Waals surface area contributed by atoms with Crippen LogP contribution in [0.15, 0.2) is 30.5 Å². The third kappa shape index (κ3) is 4.75. The minimum atomic E-state index is -0.0170. The first-order valence-corrected chi connectivity index (χ1v) is 10.1. The average Bonchev–Trinajstić information content (AvgIpc) is 3.20. The van der Waals surface area contributed by atoms with Crippen molar-refractivity contribution in [3.05, 3.63) is 47.3 Å². The van der Waals surface area contributed by atoms with Gasteiger partial charge < -0.3 is 10.2 Å². The molecular formula is C21H31N5O. The fourth-order valence-corrected chi connectivity index (χ4v) is 3.81. The fraction of sp³-hybridized carbons (Fsp3) is 0.571. The van der Waals surface area contributed by atoms with Crippen LogP contribution < -0.4 is 5.32 Å². The minimum Gasteiger partial charge on any atom is -0.334 e. The van der Waals surface area contributed by atoms with Crippen molar-refractivity contribution in [3.8, 4) is 0 Å². The minimum absolute atomic E-state index is 0.0170. The van der Waals surface area contributed by atoms with Gasteiger partial charge in [0.2, 0.25) is 0 Å². The van der Waals surface area contributed by atoms with Crippen LogP contribution >= 0.6 is 0 Å². The molecule has 3 rings (SSSR count). The standard InChI is InChI=1S/C21H31N5O/c1-4-18(14-17-8-6-16(3)7-9-17)25(5-2)21(27)20-15-26(24-23-20)19-10-12-22-13-11-19/h6-9,15,18-19,22H,4-5,10-14H2,1-3H3. The highest BCUT2D eigenvalue weighted by molar-refractivity contribution is 5.92. The fourth-order valence-electron chi connectivity index (χ4n) is 3.81. The van der Waals surface area contributed by atoms with Gasteiger partial charge in [0.05, 0.1) is 12.2 Å². The van der Waals surface area contributed by atoms with Crippen LogP contribution in [0.3, 0.4) is 0 Å². The van der Waals surface area contributed by atoms with Crippen LogP contribution in [-0.2, 0) is 6.42 Å². The average molecular weight is 370 g/mol. The highest BCUT2D eigenvalue weighted by Gasteiger charge is 2.26. The van der Waals surface area contributed by atoms with Gasteiger partial charge in [-0.1, -0.05) is 42.0 Å². The van der Waals surface area contributed by atoms with Crippen LogP contribution in [0.1, 0.15) is 60.8 Å². The molecule has 0 bridgehead atoms. The number of aromatic nitrogens is 3.